The van der Waals surface area contributed by atoms with Gasteiger partial charge < -0.3 is 10.4 Å². The van der Waals surface area contributed by atoms with E-state index < -0.39 is 40.9 Å². The number of rotatable bonds is 6. The summed E-state index contributed by atoms with van der Waals surface area (Å²) in [6.45, 7) is 1.71. The van der Waals surface area contributed by atoms with Crippen molar-refractivity contribution in [3.05, 3.63) is 70.4 Å². The highest BCUT2D eigenvalue weighted by Crippen LogP contribution is 2.35. The Labute approximate surface area is 196 Å². The van der Waals surface area contributed by atoms with Gasteiger partial charge in [-0.3, -0.25) is 9.48 Å². The number of hydrogen-bond acceptors (Lipinski definition) is 6. The number of nitrogens with one attached hydrogen (secondary N) is 1. The number of halogens is 5. The Hall–Kier alpha value is -3.05. The van der Waals surface area contributed by atoms with Crippen molar-refractivity contribution in [3.8, 4) is 0 Å². The van der Waals surface area contributed by atoms with Gasteiger partial charge in [0, 0.05) is 12.4 Å². The van der Waals surface area contributed by atoms with E-state index in [4.69, 9.17) is 11.6 Å². The summed E-state index contributed by atoms with van der Waals surface area (Å²) in [5.74, 6) is -0.693. The Balaban J connectivity index is 1.53. The van der Waals surface area contributed by atoms with Gasteiger partial charge in [0.1, 0.15) is 24.0 Å². The third-order valence-corrected chi connectivity index (χ3v) is 6.08. The molecule has 0 radical (unpaired) electrons. The number of carbonyl (C=O) groups excluding carboxylic acids is 1. The average Bonchev–Trinajstić information content (AvgIpc) is 3.35. The standard InChI is InChI=1S/C22H20ClF4N5O2/c1-11-6-17(18(24)19(11)33)30-21-13(8-28-10-29-21)20(34)16-4-5-32(31-16)9-12-2-3-15(23)14(7-12)22(25,26)27/h2-5,7-8,10-11,17-19,33H,6,9H2,1H3,(H,28,29,30)/t11-,17-,18-,19-/m1/s1. The first-order valence-corrected chi connectivity index (χ1v) is 10.7. The van der Waals surface area contributed by atoms with Crippen LogP contribution in [0.1, 0.15) is 40.5 Å². The largest absolute Gasteiger partial charge is 0.417 e. The van der Waals surface area contributed by atoms with Gasteiger partial charge in [0.05, 0.1) is 34.8 Å². The van der Waals surface area contributed by atoms with Gasteiger partial charge in [-0.1, -0.05) is 24.6 Å². The topological polar surface area (TPSA) is 92.9 Å². The summed E-state index contributed by atoms with van der Waals surface area (Å²) < 4.78 is 55.0. The quantitative estimate of drug-likeness (QED) is 0.393. The smallest absolute Gasteiger partial charge is 0.390 e. The van der Waals surface area contributed by atoms with Gasteiger partial charge in [0.2, 0.25) is 5.78 Å². The van der Waals surface area contributed by atoms with Crippen LogP contribution in [-0.2, 0) is 12.7 Å². The molecule has 1 aliphatic rings. The zero-order valence-corrected chi connectivity index (χ0v) is 18.6. The van der Waals surface area contributed by atoms with E-state index in [2.05, 4.69) is 20.4 Å². The lowest BCUT2D eigenvalue weighted by Crippen LogP contribution is -2.32. The average molecular weight is 498 g/mol. The SMILES string of the molecule is C[C@@H]1C[C@@H](Nc2ncncc2C(=O)c2ccn(Cc3ccc(Cl)c(C(F)(F)F)c3)n2)[C@@H](F)[C@@H]1O. The van der Waals surface area contributed by atoms with Gasteiger partial charge >= 0.3 is 6.18 Å². The molecule has 2 N–H and O–H groups in total. The highest BCUT2D eigenvalue weighted by molar-refractivity contribution is 6.31. The molecule has 1 aromatic carbocycles. The molecule has 0 saturated heterocycles. The molecule has 0 amide bonds. The molecule has 7 nitrogen and oxygen atoms in total. The Morgan fingerprint density at radius 3 is 2.76 bits per heavy atom. The number of alkyl halides is 4. The second kappa shape index (κ2) is 9.30. The summed E-state index contributed by atoms with van der Waals surface area (Å²) in [6.07, 6.45) is -2.94. The summed E-state index contributed by atoms with van der Waals surface area (Å²) in [6, 6.07) is 4.23. The number of aromatic nitrogens is 4. The molecule has 0 bridgehead atoms. The summed E-state index contributed by atoms with van der Waals surface area (Å²) >= 11 is 5.66. The first-order chi connectivity index (χ1) is 16.0. The molecule has 3 aromatic rings. The fraction of sp³-hybridized carbons (Fsp3) is 0.364. The van der Waals surface area contributed by atoms with Crippen molar-refractivity contribution in [3.63, 3.8) is 0 Å². The second-order valence-electron chi connectivity index (χ2n) is 8.22. The maximum absolute atomic E-state index is 14.4. The van der Waals surface area contributed by atoms with Crippen molar-refractivity contribution in [2.24, 2.45) is 5.92 Å². The van der Waals surface area contributed by atoms with E-state index in [-0.39, 0.29) is 29.5 Å². The number of carbonyl (C=O) groups is 1. The zero-order chi connectivity index (χ0) is 24.6. The van der Waals surface area contributed by atoms with Crippen LogP contribution in [-0.4, -0.2) is 49.0 Å². The van der Waals surface area contributed by atoms with E-state index in [1.807, 2.05) is 0 Å². The summed E-state index contributed by atoms with van der Waals surface area (Å²) in [5, 5.41) is 16.5. The van der Waals surface area contributed by atoms with Gasteiger partial charge in [0.25, 0.3) is 0 Å². The highest BCUT2D eigenvalue weighted by Gasteiger charge is 2.41. The lowest BCUT2D eigenvalue weighted by molar-refractivity contribution is -0.137. The summed E-state index contributed by atoms with van der Waals surface area (Å²) in [4.78, 5) is 20.9. The van der Waals surface area contributed by atoms with Crippen molar-refractivity contribution in [1.82, 2.24) is 19.7 Å². The Bertz CT molecular complexity index is 1200. The highest BCUT2D eigenvalue weighted by atomic mass is 35.5. The fourth-order valence-electron chi connectivity index (χ4n) is 3.93. The Morgan fingerprint density at radius 2 is 2.09 bits per heavy atom. The molecule has 1 aliphatic carbocycles. The predicted octanol–water partition coefficient (Wildman–Crippen LogP) is 4.14. The van der Waals surface area contributed by atoms with Crippen molar-refractivity contribution in [2.45, 2.75) is 44.4 Å². The van der Waals surface area contributed by atoms with Crippen LogP contribution in [0.15, 0.2) is 43.0 Å². The van der Waals surface area contributed by atoms with Gasteiger partial charge in [-0.2, -0.15) is 18.3 Å². The van der Waals surface area contributed by atoms with Crippen LogP contribution in [0.2, 0.25) is 5.02 Å². The number of ketones is 1. The third-order valence-electron chi connectivity index (χ3n) is 5.75. The van der Waals surface area contributed by atoms with E-state index in [9.17, 15) is 27.5 Å². The number of anilines is 1. The molecule has 4 atom stereocenters. The van der Waals surface area contributed by atoms with Crippen LogP contribution in [0, 0.1) is 5.92 Å². The van der Waals surface area contributed by atoms with Crippen LogP contribution in [0.25, 0.3) is 0 Å². The van der Waals surface area contributed by atoms with E-state index in [0.717, 1.165) is 12.1 Å². The molecule has 2 aromatic heterocycles. The molecule has 0 unspecified atom stereocenters. The summed E-state index contributed by atoms with van der Waals surface area (Å²) in [5.41, 5.74) is -0.587. The number of aliphatic hydroxyl groups excluding tert-OH is 1. The van der Waals surface area contributed by atoms with E-state index in [1.165, 1.54) is 35.5 Å². The first kappa shape index (κ1) is 24.1. The zero-order valence-electron chi connectivity index (χ0n) is 17.8. The van der Waals surface area contributed by atoms with Gasteiger partial charge in [-0.05, 0) is 36.1 Å². The van der Waals surface area contributed by atoms with Crippen molar-refractivity contribution in [1.29, 1.82) is 0 Å². The normalized spacial score (nSPS) is 22.7. The molecule has 4 rings (SSSR count). The van der Waals surface area contributed by atoms with Gasteiger partial charge in [-0.25, -0.2) is 14.4 Å². The number of aliphatic hydroxyl groups is 1. The molecule has 12 heteroatoms. The maximum Gasteiger partial charge on any atom is 0.417 e. The van der Waals surface area contributed by atoms with Crippen molar-refractivity contribution in [2.75, 3.05) is 5.32 Å². The lowest BCUT2D eigenvalue weighted by Gasteiger charge is -2.18. The molecule has 1 saturated carbocycles. The third kappa shape index (κ3) is 4.90. The van der Waals surface area contributed by atoms with E-state index >= 15 is 0 Å². The van der Waals surface area contributed by atoms with Crippen LogP contribution in [0.4, 0.5) is 23.4 Å². The van der Waals surface area contributed by atoms with Crippen LogP contribution >= 0.6 is 11.6 Å². The number of hydrogen-bond donors (Lipinski definition) is 2. The molecular weight excluding hydrogens is 478 g/mol. The minimum absolute atomic E-state index is 0.0134. The van der Waals surface area contributed by atoms with Gasteiger partial charge in [-0.15, -0.1) is 0 Å². The molecular formula is C22H20ClF4N5O2. The van der Waals surface area contributed by atoms with Crippen LogP contribution < -0.4 is 5.32 Å². The molecule has 0 spiro atoms. The minimum Gasteiger partial charge on any atom is -0.390 e. The first-order valence-electron chi connectivity index (χ1n) is 10.4. The molecule has 34 heavy (non-hydrogen) atoms. The van der Waals surface area contributed by atoms with Crippen LogP contribution in [0.3, 0.4) is 0 Å². The van der Waals surface area contributed by atoms with E-state index in [1.54, 1.807) is 6.92 Å². The monoisotopic (exact) mass is 497 g/mol. The van der Waals surface area contributed by atoms with Crippen molar-refractivity contribution < 1.29 is 27.5 Å². The fourth-order valence-corrected chi connectivity index (χ4v) is 4.16. The number of nitrogens with zero attached hydrogens (tertiary/aromatic N) is 4. The number of benzene rings is 1. The predicted molar refractivity (Wildman–Crippen MR) is 115 cm³/mol. The molecule has 2 heterocycles. The molecule has 1 fully saturated rings. The molecule has 0 aliphatic heterocycles. The Morgan fingerprint density at radius 1 is 1.32 bits per heavy atom. The van der Waals surface area contributed by atoms with Crippen molar-refractivity contribution >= 4 is 23.2 Å². The minimum atomic E-state index is -4.60. The molecule has 180 valence electrons. The van der Waals surface area contributed by atoms with Gasteiger partial charge in [0.15, 0.2) is 0 Å². The summed E-state index contributed by atoms with van der Waals surface area (Å²) in [7, 11) is 0. The maximum atomic E-state index is 14.4. The van der Waals surface area contributed by atoms with Crippen LogP contribution in [0.5, 0.6) is 0 Å². The second-order valence-corrected chi connectivity index (χ2v) is 8.63. The van der Waals surface area contributed by atoms with E-state index in [0.29, 0.717) is 12.0 Å². The Kier molecular flexibility index (Phi) is 6.59. The lowest BCUT2D eigenvalue weighted by atomic mass is 10.1.